The van der Waals surface area contributed by atoms with E-state index in [1.807, 2.05) is 60.7 Å². The smallest absolute Gasteiger partial charge is 0.272 e. The van der Waals surface area contributed by atoms with Crippen LogP contribution in [0.5, 0.6) is 5.75 Å². The highest BCUT2D eigenvalue weighted by atomic mass is 16.3. The molecule has 3 N–H and O–H groups in total. The standard InChI is InChI=1S/C28H28N4O4/c1-18(29-24(34)16-15-19-9-8-12-21(33)17-19)27(35)31-26-28(36)32(2)23-14-7-6-13-22(23)25(30-26)20-10-4-3-5-11-20/h3-14,17-18,26,33H,15-16H2,1-2H3,(H,29,34)(H,31,35)/t18-,26+/m0/s1. The van der Waals surface area contributed by atoms with Crippen LogP contribution in [0.1, 0.15) is 30.0 Å². The Kier molecular flexibility index (Phi) is 7.44. The number of nitrogens with zero attached hydrogens (tertiary/aromatic N) is 2. The van der Waals surface area contributed by atoms with Gasteiger partial charge < -0.3 is 20.6 Å². The van der Waals surface area contributed by atoms with Crippen LogP contribution in [0.3, 0.4) is 0 Å². The third-order valence-corrected chi connectivity index (χ3v) is 5.99. The highest BCUT2D eigenvalue weighted by Gasteiger charge is 2.32. The van der Waals surface area contributed by atoms with Gasteiger partial charge in [0.15, 0.2) is 0 Å². The first-order valence-corrected chi connectivity index (χ1v) is 11.7. The summed E-state index contributed by atoms with van der Waals surface area (Å²) < 4.78 is 0. The van der Waals surface area contributed by atoms with Crippen molar-refractivity contribution in [1.82, 2.24) is 10.6 Å². The number of phenols is 1. The van der Waals surface area contributed by atoms with Gasteiger partial charge in [-0.25, -0.2) is 4.99 Å². The van der Waals surface area contributed by atoms with Gasteiger partial charge in [-0.2, -0.15) is 0 Å². The molecule has 36 heavy (non-hydrogen) atoms. The molecule has 0 fully saturated rings. The van der Waals surface area contributed by atoms with Gasteiger partial charge in [0, 0.05) is 24.6 Å². The molecule has 0 bridgehead atoms. The van der Waals surface area contributed by atoms with Gasteiger partial charge in [0.2, 0.25) is 18.0 Å². The molecule has 3 amide bonds. The lowest BCUT2D eigenvalue weighted by molar-refractivity contribution is -0.130. The number of phenolic OH excluding ortho intramolecular Hbond substituents is 1. The van der Waals surface area contributed by atoms with E-state index in [1.165, 1.54) is 4.90 Å². The molecule has 0 radical (unpaired) electrons. The van der Waals surface area contributed by atoms with Gasteiger partial charge in [-0.1, -0.05) is 60.7 Å². The van der Waals surface area contributed by atoms with Crippen LogP contribution in [0.15, 0.2) is 83.9 Å². The fourth-order valence-electron chi connectivity index (χ4n) is 4.05. The van der Waals surface area contributed by atoms with Crippen LogP contribution >= 0.6 is 0 Å². The molecule has 8 nitrogen and oxygen atoms in total. The van der Waals surface area contributed by atoms with Crippen molar-refractivity contribution in [1.29, 1.82) is 0 Å². The number of anilines is 1. The van der Waals surface area contributed by atoms with Crippen molar-refractivity contribution in [3.8, 4) is 5.75 Å². The molecule has 1 heterocycles. The lowest BCUT2D eigenvalue weighted by Gasteiger charge is -2.22. The second-order valence-corrected chi connectivity index (χ2v) is 8.63. The van der Waals surface area contributed by atoms with Crippen LogP contribution in [0.4, 0.5) is 5.69 Å². The summed E-state index contributed by atoms with van der Waals surface area (Å²) in [5.74, 6) is -1.08. The molecule has 4 rings (SSSR count). The number of hydrogen-bond donors (Lipinski definition) is 3. The zero-order valence-electron chi connectivity index (χ0n) is 20.1. The minimum Gasteiger partial charge on any atom is -0.508 e. The number of carbonyl (C=O) groups excluding carboxylic acids is 3. The molecule has 184 valence electrons. The molecule has 1 aliphatic heterocycles. The van der Waals surface area contributed by atoms with Crippen LogP contribution in [0, 0.1) is 0 Å². The molecule has 0 saturated heterocycles. The maximum atomic E-state index is 13.2. The Hall–Kier alpha value is -4.46. The molecule has 1 aliphatic rings. The van der Waals surface area contributed by atoms with Crippen LogP contribution in [0.25, 0.3) is 0 Å². The average molecular weight is 485 g/mol. The third kappa shape index (κ3) is 5.60. The maximum Gasteiger partial charge on any atom is 0.272 e. The number of fused-ring (bicyclic) bond motifs is 1. The van der Waals surface area contributed by atoms with E-state index in [2.05, 4.69) is 15.6 Å². The SMILES string of the molecule is C[C@H](NC(=O)CCc1cccc(O)c1)C(=O)N[C@H]1N=C(c2ccccc2)c2ccccc2N(C)C1=O. The molecule has 0 saturated carbocycles. The molecule has 0 spiro atoms. The summed E-state index contributed by atoms with van der Waals surface area (Å²) in [7, 11) is 1.65. The highest BCUT2D eigenvalue weighted by molar-refractivity contribution is 6.20. The Balaban J connectivity index is 1.48. The van der Waals surface area contributed by atoms with Crippen LogP contribution < -0.4 is 15.5 Å². The second kappa shape index (κ2) is 10.9. The number of likely N-dealkylation sites (N-methyl/N-ethyl adjacent to an activating group) is 1. The fourth-order valence-corrected chi connectivity index (χ4v) is 4.05. The Morgan fingerprint density at radius 2 is 1.75 bits per heavy atom. The summed E-state index contributed by atoms with van der Waals surface area (Å²) in [5, 5.41) is 14.9. The molecule has 0 aliphatic carbocycles. The van der Waals surface area contributed by atoms with E-state index in [-0.39, 0.29) is 24.0 Å². The minimum atomic E-state index is -1.16. The molecule has 8 heteroatoms. The van der Waals surface area contributed by atoms with E-state index in [0.29, 0.717) is 17.8 Å². The number of carbonyl (C=O) groups is 3. The lowest BCUT2D eigenvalue weighted by atomic mass is 10.0. The normalized spacial score (nSPS) is 15.8. The van der Waals surface area contributed by atoms with E-state index >= 15 is 0 Å². The summed E-state index contributed by atoms with van der Waals surface area (Å²) in [5.41, 5.74) is 3.70. The van der Waals surface area contributed by atoms with Gasteiger partial charge in [-0.3, -0.25) is 14.4 Å². The second-order valence-electron chi connectivity index (χ2n) is 8.63. The number of benzene rings is 3. The van der Waals surface area contributed by atoms with Gasteiger partial charge in [0.1, 0.15) is 11.8 Å². The number of nitrogens with one attached hydrogen (secondary N) is 2. The predicted molar refractivity (Wildman–Crippen MR) is 138 cm³/mol. The van der Waals surface area contributed by atoms with Crippen LogP contribution in [0.2, 0.25) is 0 Å². The Bertz CT molecular complexity index is 1310. The fraction of sp³-hybridized carbons (Fsp3) is 0.214. The zero-order chi connectivity index (χ0) is 25.7. The highest BCUT2D eigenvalue weighted by Crippen LogP contribution is 2.27. The topological polar surface area (TPSA) is 111 Å². The summed E-state index contributed by atoms with van der Waals surface area (Å²) in [4.78, 5) is 44.8. The molecule has 3 aromatic carbocycles. The van der Waals surface area contributed by atoms with E-state index in [4.69, 9.17) is 0 Å². The number of amides is 3. The molecule has 0 unspecified atom stereocenters. The summed E-state index contributed by atoms with van der Waals surface area (Å²) >= 11 is 0. The third-order valence-electron chi connectivity index (χ3n) is 5.99. The number of aliphatic imine (C=N–C) groups is 1. The summed E-state index contributed by atoms with van der Waals surface area (Å²) in [6.07, 6.45) is -0.585. The zero-order valence-corrected chi connectivity index (χ0v) is 20.1. The number of aromatic hydroxyl groups is 1. The van der Waals surface area contributed by atoms with Crippen LogP contribution in [-0.4, -0.2) is 47.8 Å². The lowest BCUT2D eigenvalue weighted by Crippen LogP contribution is -2.52. The molecule has 0 aromatic heterocycles. The molecule has 3 aromatic rings. The molecular weight excluding hydrogens is 456 g/mol. The van der Waals surface area contributed by atoms with Crippen molar-refractivity contribution >= 4 is 29.1 Å². The summed E-state index contributed by atoms with van der Waals surface area (Å²) in [6.45, 7) is 1.56. The first kappa shape index (κ1) is 24.7. The van der Waals surface area contributed by atoms with Crippen molar-refractivity contribution in [3.63, 3.8) is 0 Å². The first-order valence-electron chi connectivity index (χ1n) is 11.7. The van der Waals surface area contributed by atoms with Crippen molar-refractivity contribution in [2.45, 2.75) is 32.0 Å². The number of benzodiazepines with no additional fused rings is 1. The van der Waals surface area contributed by atoms with Crippen molar-refractivity contribution in [3.05, 3.63) is 95.6 Å². The van der Waals surface area contributed by atoms with Gasteiger partial charge in [-0.15, -0.1) is 0 Å². The number of para-hydroxylation sites is 1. The number of aryl methyl sites for hydroxylation is 1. The van der Waals surface area contributed by atoms with Gasteiger partial charge in [0.25, 0.3) is 5.91 Å². The largest absolute Gasteiger partial charge is 0.508 e. The van der Waals surface area contributed by atoms with Gasteiger partial charge in [-0.05, 0) is 37.1 Å². The van der Waals surface area contributed by atoms with E-state index in [9.17, 15) is 19.5 Å². The Morgan fingerprint density at radius 1 is 1.03 bits per heavy atom. The van der Waals surface area contributed by atoms with Gasteiger partial charge in [0.05, 0.1) is 11.4 Å². The van der Waals surface area contributed by atoms with Crippen LogP contribution in [-0.2, 0) is 20.8 Å². The van der Waals surface area contributed by atoms with E-state index in [1.54, 1.807) is 32.2 Å². The van der Waals surface area contributed by atoms with Crippen molar-refractivity contribution in [2.24, 2.45) is 4.99 Å². The molecular formula is C28H28N4O4. The summed E-state index contributed by atoms with van der Waals surface area (Å²) in [6, 6.07) is 22.7. The average Bonchev–Trinajstić information content (AvgIpc) is 2.98. The quantitative estimate of drug-likeness (QED) is 0.479. The monoisotopic (exact) mass is 484 g/mol. The first-order chi connectivity index (χ1) is 17.3. The van der Waals surface area contributed by atoms with Gasteiger partial charge >= 0.3 is 0 Å². The number of hydrogen-bond acceptors (Lipinski definition) is 5. The predicted octanol–water partition coefficient (Wildman–Crippen LogP) is 2.79. The Morgan fingerprint density at radius 3 is 2.50 bits per heavy atom. The maximum absolute atomic E-state index is 13.2. The van der Waals surface area contributed by atoms with E-state index < -0.39 is 18.1 Å². The number of rotatable bonds is 7. The minimum absolute atomic E-state index is 0.135. The Labute approximate surface area is 209 Å². The van der Waals surface area contributed by atoms with Crippen molar-refractivity contribution < 1.29 is 19.5 Å². The molecule has 2 atom stereocenters. The van der Waals surface area contributed by atoms with E-state index in [0.717, 1.165) is 16.7 Å². The van der Waals surface area contributed by atoms with Crippen molar-refractivity contribution in [2.75, 3.05) is 11.9 Å².